The molecule has 5 heteroatoms. The normalized spacial score (nSPS) is 29.5. The number of aliphatic imine (C=N–C) groups is 1. The number of likely N-dealkylation sites (tertiary alicyclic amines) is 1. The third-order valence-corrected chi connectivity index (χ3v) is 4.74. The Morgan fingerprint density at radius 3 is 2.73 bits per heavy atom. The summed E-state index contributed by atoms with van der Waals surface area (Å²) >= 11 is 0. The molecule has 5 nitrogen and oxygen atoms in total. The highest BCUT2D eigenvalue weighted by Crippen LogP contribution is 2.30. The van der Waals surface area contributed by atoms with Crippen LogP contribution in [0.1, 0.15) is 59.3 Å². The molecule has 0 bridgehead atoms. The molecular formula is C17H29N3O2. The summed E-state index contributed by atoms with van der Waals surface area (Å²) in [6.45, 7) is 7.27. The SMILES string of the molecule is CCN=C1CCCC/C1=C(/N)C(=O)N1CCC(O)CC1(C)C. The molecule has 0 aromatic carbocycles. The summed E-state index contributed by atoms with van der Waals surface area (Å²) in [6.07, 6.45) is 4.82. The molecule has 1 heterocycles. The van der Waals surface area contributed by atoms with Gasteiger partial charge in [0.1, 0.15) is 5.70 Å². The van der Waals surface area contributed by atoms with Gasteiger partial charge in [-0.25, -0.2) is 0 Å². The zero-order valence-electron chi connectivity index (χ0n) is 14.1. The van der Waals surface area contributed by atoms with E-state index >= 15 is 0 Å². The van der Waals surface area contributed by atoms with E-state index in [0.29, 0.717) is 25.1 Å². The number of aliphatic hydroxyl groups excluding tert-OH is 1. The monoisotopic (exact) mass is 307 g/mol. The largest absolute Gasteiger partial charge is 0.394 e. The first-order valence-corrected chi connectivity index (χ1v) is 8.39. The lowest BCUT2D eigenvalue weighted by molar-refractivity contribution is -0.136. The van der Waals surface area contributed by atoms with Crippen LogP contribution in [0.25, 0.3) is 0 Å². The summed E-state index contributed by atoms with van der Waals surface area (Å²) in [7, 11) is 0. The number of hydrogen-bond donors (Lipinski definition) is 2. The molecule has 1 atom stereocenters. The van der Waals surface area contributed by atoms with Crippen LogP contribution >= 0.6 is 0 Å². The second-order valence-electron chi connectivity index (χ2n) is 6.94. The van der Waals surface area contributed by atoms with E-state index in [-0.39, 0.29) is 17.6 Å². The molecule has 1 saturated heterocycles. The zero-order valence-corrected chi connectivity index (χ0v) is 14.1. The number of hydrogen-bond acceptors (Lipinski definition) is 4. The Hall–Kier alpha value is -1.36. The van der Waals surface area contributed by atoms with Crippen molar-refractivity contribution in [3.63, 3.8) is 0 Å². The smallest absolute Gasteiger partial charge is 0.270 e. The van der Waals surface area contributed by atoms with Gasteiger partial charge in [-0.15, -0.1) is 0 Å². The maximum atomic E-state index is 12.9. The van der Waals surface area contributed by atoms with E-state index in [1.54, 1.807) is 0 Å². The topological polar surface area (TPSA) is 78.9 Å². The van der Waals surface area contributed by atoms with Crippen LogP contribution in [-0.2, 0) is 4.79 Å². The summed E-state index contributed by atoms with van der Waals surface area (Å²) in [5.41, 5.74) is 8.19. The minimum Gasteiger partial charge on any atom is -0.394 e. The molecular weight excluding hydrogens is 278 g/mol. The number of carbonyl (C=O) groups is 1. The van der Waals surface area contributed by atoms with Crippen LogP contribution in [0.4, 0.5) is 0 Å². The highest BCUT2D eigenvalue weighted by molar-refractivity contribution is 6.08. The lowest BCUT2D eigenvalue weighted by atomic mass is 9.87. The molecule has 22 heavy (non-hydrogen) atoms. The summed E-state index contributed by atoms with van der Waals surface area (Å²) < 4.78 is 0. The molecule has 0 radical (unpaired) electrons. The number of piperidine rings is 1. The van der Waals surface area contributed by atoms with Gasteiger partial charge in [0.2, 0.25) is 0 Å². The fraction of sp³-hybridized carbons (Fsp3) is 0.765. The van der Waals surface area contributed by atoms with Gasteiger partial charge in [0, 0.05) is 29.9 Å². The van der Waals surface area contributed by atoms with Crippen LogP contribution in [0.3, 0.4) is 0 Å². The molecule has 0 aromatic heterocycles. The Bertz CT molecular complexity index is 494. The lowest BCUT2D eigenvalue weighted by Crippen LogP contribution is -2.55. The van der Waals surface area contributed by atoms with Crippen molar-refractivity contribution in [1.82, 2.24) is 4.90 Å². The van der Waals surface area contributed by atoms with Crippen LogP contribution < -0.4 is 5.73 Å². The molecule has 0 aromatic rings. The van der Waals surface area contributed by atoms with Crippen molar-refractivity contribution < 1.29 is 9.90 Å². The summed E-state index contributed by atoms with van der Waals surface area (Å²) in [5.74, 6) is -0.0994. The molecule has 1 unspecified atom stereocenters. The molecule has 1 saturated carbocycles. The van der Waals surface area contributed by atoms with E-state index in [4.69, 9.17) is 5.73 Å². The molecule has 2 rings (SSSR count). The standard InChI is InChI=1S/C17H29N3O2/c1-4-19-14-8-6-5-7-13(14)15(18)16(22)20-10-9-12(21)11-17(20,2)3/h12,21H,4-11,18H2,1-3H3/b15-13-,19-14?. The minimum absolute atomic E-state index is 0.0994. The van der Waals surface area contributed by atoms with Crippen molar-refractivity contribution in [2.24, 2.45) is 10.7 Å². The summed E-state index contributed by atoms with van der Waals surface area (Å²) in [6, 6.07) is 0. The molecule has 124 valence electrons. The first-order chi connectivity index (χ1) is 10.4. The lowest BCUT2D eigenvalue weighted by Gasteiger charge is -2.44. The van der Waals surface area contributed by atoms with Crippen molar-refractivity contribution in [2.45, 2.75) is 70.9 Å². The third-order valence-electron chi connectivity index (χ3n) is 4.74. The zero-order chi connectivity index (χ0) is 16.3. The number of allylic oxidation sites excluding steroid dienone is 1. The number of rotatable bonds is 2. The Balaban J connectivity index is 2.27. The first kappa shape index (κ1) is 17.0. The van der Waals surface area contributed by atoms with Gasteiger partial charge in [0.05, 0.1) is 6.10 Å². The van der Waals surface area contributed by atoms with Crippen LogP contribution in [0.2, 0.25) is 0 Å². The second kappa shape index (κ2) is 6.82. The van der Waals surface area contributed by atoms with Gasteiger partial charge in [-0.05, 0) is 59.3 Å². The first-order valence-electron chi connectivity index (χ1n) is 8.39. The minimum atomic E-state index is -0.364. The third kappa shape index (κ3) is 3.51. The number of nitrogens with zero attached hydrogens (tertiary/aromatic N) is 2. The maximum Gasteiger partial charge on any atom is 0.270 e. The number of carbonyl (C=O) groups excluding carboxylic acids is 1. The van der Waals surface area contributed by atoms with Crippen LogP contribution in [0.5, 0.6) is 0 Å². The molecule has 0 spiro atoms. The van der Waals surface area contributed by atoms with Gasteiger partial charge in [0.25, 0.3) is 5.91 Å². The average Bonchev–Trinajstić information content (AvgIpc) is 2.46. The molecule has 2 fully saturated rings. The van der Waals surface area contributed by atoms with Gasteiger partial charge in [-0.3, -0.25) is 9.79 Å². The average molecular weight is 307 g/mol. The second-order valence-corrected chi connectivity index (χ2v) is 6.94. The van der Waals surface area contributed by atoms with E-state index in [1.807, 2.05) is 25.7 Å². The molecule has 1 amide bonds. The Kier molecular flexibility index (Phi) is 5.27. The van der Waals surface area contributed by atoms with Gasteiger partial charge >= 0.3 is 0 Å². The quantitative estimate of drug-likeness (QED) is 0.766. The predicted octanol–water partition coefficient (Wildman–Crippen LogP) is 2.00. The van der Waals surface area contributed by atoms with E-state index in [9.17, 15) is 9.90 Å². The van der Waals surface area contributed by atoms with Crippen LogP contribution in [0, 0.1) is 0 Å². The van der Waals surface area contributed by atoms with E-state index in [0.717, 1.165) is 43.5 Å². The number of nitrogens with two attached hydrogens (primary N) is 1. The van der Waals surface area contributed by atoms with Crippen molar-refractivity contribution in [3.05, 3.63) is 11.3 Å². The van der Waals surface area contributed by atoms with Crippen LogP contribution in [-0.4, -0.2) is 46.4 Å². The summed E-state index contributed by atoms with van der Waals surface area (Å²) in [4.78, 5) is 19.2. The summed E-state index contributed by atoms with van der Waals surface area (Å²) in [5, 5.41) is 9.84. The maximum absolute atomic E-state index is 12.9. The Labute approximate surface area is 133 Å². The van der Waals surface area contributed by atoms with Gasteiger partial charge < -0.3 is 15.7 Å². The Morgan fingerprint density at radius 2 is 2.09 bits per heavy atom. The van der Waals surface area contributed by atoms with Crippen molar-refractivity contribution in [2.75, 3.05) is 13.1 Å². The fourth-order valence-electron chi connectivity index (χ4n) is 3.57. The van der Waals surface area contributed by atoms with Gasteiger partial charge in [-0.1, -0.05) is 0 Å². The molecule has 2 aliphatic rings. The van der Waals surface area contributed by atoms with Crippen molar-refractivity contribution in [1.29, 1.82) is 0 Å². The molecule has 1 aliphatic heterocycles. The molecule has 3 N–H and O–H groups in total. The highest BCUT2D eigenvalue weighted by atomic mass is 16.3. The molecule has 1 aliphatic carbocycles. The highest BCUT2D eigenvalue weighted by Gasteiger charge is 2.38. The Morgan fingerprint density at radius 1 is 1.41 bits per heavy atom. The number of aliphatic hydroxyl groups is 1. The van der Waals surface area contributed by atoms with E-state index in [1.165, 1.54) is 0 Å². The van der Waals surface area contributed by atoms with Gasteiger partial charge in [-0.2, -0.15) is 0 Å². The van der Waals surface area contributed by atoms with Crippen molar-refractivity contribution >= 4 is 11.6 Å². The number of amides is 1. The van der Waals surface area contributed by atoms with E-state index < -0.39 is 0 Å². The van der Waals surface area contributed by atoms with Crippen LogP contribution in [0.15, 0.2) is 16.3 Å². The van der Waals surface area contributed by atoms with Gasteiger partial charge in [0.15, 0.2) is 0 Å². The van der Waals surface area contributed by atoms with Crippen molar-refractivity contribution in [3.8, 4) is 0 Å². The fourth-order valence-corrected chi connectivity index (χ4v) is 3.57. The van der Waals surface area contributed by atoms with E-state index in [2.05, 4.69) is 4.99 Å². The predicted molar refractivity (Wildman–Crippen MR) is 88.7 cm³/mol.